The molecule has 2 aromatic heterocycles. The second-order valence-electron chi connectivity index (χ2n) is 4.53. The Morgan fingerprint density at radius 2 is 2.24 bits per heavy atom. The van der Waals surface area contributed by atoms with Crippen LogP contribution in [-0.4, -0.2) is 10.9 Å². The fourth-order valence-electron chi connectivity index (χ4n) is 1.98. The number of aromatic nitrogens is 1. The highest BCUT2D eigenvalue weighted by atomic mass is 32.1. The molecule has 0 radical (unpaired) electrons. The molecular formula is C14H12FN3OS2. The van der Waals surface area contributed by atoms with Crippen LogP contribution in [0.3, 0.4) is 0 Å². The van der Waals surface area contributed by atoms with Crippen LogP contribution in [0.1, 0.15) is 19.6 Å². The van der Waals surface area contributed by atoms with Crippen LogP contribution in [0.5, 0.6) is 0 Å². The van der Waals surface area contributed by atoms with Crippen molar-refractivity contribution in [1.29, 1.82) is 0 Å². The lowest BCUT2D eigenvalue weighted by molar-refractivity contribution is 0.0956. The van der Waals surface area contributed by atoms with E-state index in [0.717, 1.165) is 14.6 Å². The van der Waals surface area contributed by atoms with Gasteiger partial charge in [-0.2, -0.15) is 0 Å². The average Bonchev–Trinajstić information content (AvgIpc) is 3.01. The minimum Gasteiger partial charge on any atom is -0.397 e. The third kappa shape index (κ3) is 2.74. The van der Waals surface area contributed by atoms with Crippen LogP contribution in [0.4, 0.5) is 10.1 Å². The molecule has 3 N–H and O–H groups in total. The number of fused-ring (bicyclic) bond motifs is 1. The standard InChI is InChI=1S/C14H12FN3OS2/c1-7-5-17-11(20-7)6-18-14(19)13-12(16)9-4-8(15)2-3-10(9)21-13/h2-5H,6,16H2,1H3,(H,18,19). The highest BCUT2D eigenvalue weighted by Crippen LogP contribution is 2.34. The Balaban J connectivity index is 1.82. The van der Waals surface area contributed by atoms with Gasteiger partial charge in [0.25, 0.3) is 5.91 Å². The van der Waals surface area contributed by atoms with Crippen molar-refractivity contribution in [2.24, 2.45) is 0 Å². The number of carbonyl (C=O) groups excluding carboxylic acids is 1. The maximum Gasteiger partial charge on any atom is 0.263 e. The van der Waals surface area contributed by atoms with Crippen molar-refractivity contribution < 1.29 is 9.18 Å². The van der Waals surface area contributed by atoms with Gasteiger partial charge in [-0.15, -0.1) is 22.7 Å². The minimum atomic E-state index is -0.364. The Kier molecular flexibility index (Phi) is 3.60. The molecule has 0 aliphatic carbocycles. The molecule has 1 amide bonds. The van der Waals surface area contributed by atoms with E-state index in [0.29, 0.717) is 22.5 Å². The number of halogens is 1. The zero-order valence-corrected chi connectivity index (χ0v) is 12.8. The molecule has 3 rings (SSSR count). The number of amides is 1. The Hall–Kier alpha value is -1.99. The molecule has 3 aromatic rings. The molecule has 0 aliphatic heterocycles. The largest absolute Gasteiger partial charge is 0.397 e. The van der Waals surface area contributed by atoms with Crippen molar-refractivity contribution in [2.45, 2.75) is 13.5 Å². The number of hydrogen-bond acceptors (Lipinski definition) is 5. The molecular weight excluding hydrogens is 309 g/mol. The van der Waals surface area contributed by atoms with Gasteiger partial charge in [0.2, 0.25) is 0 Å². The van der Waals surface area contributed by atoms with Gasteiger partial charge in [-0.3, -0.25) is 4.79 Å². The number of rotatable bonds is 3. The summed E-state index contributed by atoms with van der Waals surface area (Å²) >= 11 is 2.79. The third-order valence-electron chi connectivity index (χ3n) is 2.96. The number of benzene rings is 1. The van der Waals surface area contributed by atoms with Crippen LogP contribution < -0.4 is 11.1 Å². The number of nitrogens with one attached hydrogen (secondary N) is 1. The summed E-state index contributed by atoms with van der Waals surface area (Å²) in [7, 11) is 0. The molecule has 108 valence electrons. The van der Waals surface area contributed by atoms with Gasteiger partial charge in [0.1, 0.15) is 15.7 Å². The fraction of sp³-hybridized carbons (Fsp3) is 0.143. The third-order valence-corrected chi connectivity index (χ3v) is 5.06. The van der Waals surface area contributed by atoms with Crippen LogP contribution in [0.15, 0.2) is 24.4 Å². The van der Waals surface area contributed by atoms with Crippen LogP contribution in [0, 0.1) is 12.7 Å². The predicted molar refractivity (Wildman–Crippen MR) is 84.2 cm³/mol. The summed E-state index contributed by atoms with van der Waals surface area (Å²) in [6, 6.07) is 4.34. The highest BCUT2D eigenvalue weighted by molar-refractivity contribution is 7.21. The SMILES string of the molecule is Cc1cnc(CNC(=O)c2sc3ccc(F)cc3c2N)s1. The summed E-state index contributed by atoms with van der Waals surface area (Å²) in [5.74, 6) is -0.626. The van der Waals surface area contributed by atoms with E-state index in [1.807, 2.05) is 6.92 Å². The van der Waals surface area contributed by atoms with Gasteiger partial charge in [-0.1, -0.05) is 0 Å². The molecule has 2 heterocycles. The Morgan fingerprint density at radius 1 is 1.43 bits per heavy atom. The molecule has 4 nitrogen and oxygen atoms in total. The summed E-state index contributed by atoms with van der Waals surface area (Å²) in [6.07, 6.45) is 1.77. The van der Waals surface area contributed by atoms with E-state index in [2.05, 4.69) is 10.3 Å². The molecule has 0 bridgehead atoms. The summed E-state index contributed by atoms with van der Waals surface area (Å²) in [5.41, 5.74) is 6.27. The maximum absolute atomic E-state index is 13.2. The summed E-state index contributed by atoms with van der Waals surface area (Å²) < 4.78 is 14.0. The number of nitrogens with zero attached hydrogens (tertiary/aromatic N) is 1. The molecule has 0 aliphatic rings. The predicted octanol–water partition coefficient (Wildman–Crippen LogP) is 3.32. The lowest BCUT2D eigenvalue weighted by atomic mass is 10.2. The second kappa shape index (κ2) is 5.42. The second-order valence-corrected chi connectivity index (χ2v) is 6.90. The number of thiazole rings is 1. The first kappa shape index (κ1) is 14.0. The molecule has 0 spiro atoms. The van der Waals surface area contributed by atoms with Crippen LogP contribution >= 0.6 is 22.7 Å². The molecule has 0 unspecified atom stereocenters. The first-order chi connectivity index (χ1) is 10.0. The van der Waals surface area contributed by atoms with Gasteiger partial charge < -0.3 is 11.1 Å². The fourth-order valence-corrected chi connectivity index (χ4v) is 3.72. The molecule has 7 heteroatoms. The van der Waals surface area contributed by atoms with E-state index in [4.69, 9.17) is 5.73 Å². The quantitative estimate of drug-likeness (QED) is 0.777. The number of nitrogens with two attached hydrogens (primary N) is 1. The normalized spacial score (nSPS) is 11.0. The molecule has 0 saturated heterocycles. The topological polar surface area (TPSA) is 68.0 Å². The van der Waals surface area contributed by atoms with Crippen molar-refractivity contribution in [1.82, 2.24) is 10.3 Å². The van der Waals surface area contributed by atoms with Crippen LogP contribution in [0.2, 0.25) is 0 Å². The van der Waals surface area contributed by atoms with Crippen LogP contribution in [-0.2, 0) is 6.54 Å². The molecule has 0 fully saturated rings. The number of hydrogen-bond donors (Lipinski definition) is 2. The van der Waals surface area contributed by atoms with Gasteiger partial charge in [0, 0.05) is 21.2 Å². The highest BCUT2D eigenvalue weighted by Gasteiger charge is 2.16. The number of aryl methyl sites for hydroxylation is 1. The van der Waals surface area contributed by atoms with Crippen molar-refractivity contribution >= 4 is 44.4 Å². The lowest BCUT2D eigenvalue weighted by Gasteiger charge is -2.01. The Morgan fingerprint density at radius 3 is 2.95 bits per heavy atom. The van der Waals surface area contributed by atoms with E-state index in [-0.39, 0.29) is 11.7 Å². The smallest absolute Gasteiger partial charge is 0.263 e. The average molecular weight is 321 g/mol. The maximum atomic E-state index is 13.2. The van der Waals surface area contributed by atoms with Crippen molar-refractivity contribution in [3.8, 4) is 0 Å². The van der Waals surface area contributed by atoms with E-state index < -0.39 is 0 Å². The van der Waals surface area contributed by atoms with Gasteiger partial charge in [0.05, 0.1) is 12.2 Å². The van der Waals surface area contributed by atoms with Gasteiger partial charge in [0.15, 0.2) is 0 Å². The monoisotopic (exact) mass is 321 g/mol. The van der Waals surface area contributed by atoms with Crippen LogP contribution in [0.25, 0.3) is 10.1 Å². The minimum absolute atomic E-state index is 0.262. The molecule has 21 heavy (non-hydrogen) atoms. The lowest BCUT2D eigenvalue weighted by Crippen LogP contribution is -2.22. The molecule has 0 saturated carbocycles. The zero-order valence-electron chi connectivity index (χ0n) is 11.1. The number of carbonyl (C=O) groups is 1. The zero-order chi connectivity index (χ0) is 15.0. The van der Waals surface area contributed by atoms with Gasteiger partial charge in [-0.05, 0) is 25.1 Å². The summed E-state index contributed by atoms with van der Waals surface area (Å²) in [5, 5.41) is 4.21. The number of thiophene rings is 1. The molecule has 1 aromatic carbocycles. The Labute approximate surface area is 128 Å². The summed E-state index contributed by atoms with van der Waals surface area (Å²) in [6.45, 7) is 2.32. The van der Waals surface area contributed by atoms with E-state index in [1.54, 1.807) is 12.3 Å². The van der Waals surface area contributed by atoms with Crippen molar-refractivity contribution in [3.05, 3.63) is 45.0 Å². The van der Waals surface area contributed by atoms with Crippen molar-refractivity contribution in [2.75, 3.05) is 5.73 Å². The van der Waals surface area contributed by atoms with Crippen molar-refractivity contribution in [3.63, 3.8) is 0 Å². The first-order valence-corrected chi connectivity index (χ1v) is 7.85. The van der Waals surface area contributed by atoms with E-state index in [1.165, 1.54) is 34.8 Å². The van der Waals surface area contributed by atoms with Gasteiger partial charge >= 0.3 is 0 Å². The Bertz CT molecular complexity index is 825. The first-order valence-electron chi connectivity index (χ1n) is 6.21. The van der Waals surface area contributed by atoms with E-state index in [9.17, 15) is 9.18 Å². The van der Waals surface area contributed by atoms with E-state index >= 15 is 0 Å². The van der Waals surface area contributed by atoms with Gasteiger partial charge in [-0.25, -0.2) is 9.37 Å². The number of nitrogen functional groups attached to an aromatic ring is 1. The summed E-state index contributed by atoms with van der Waals surface area (Å²) in [4.78, 5) is 17.9. The number of anilines is 1. The molecule has 0 atom stereocenters.